The van der Waals surface area contributed by atoms with Gasteiger partial charge in [-0.05, 0) is 24.1 Å². The minimum absolute atomic E-state index is 0.0235. The second-order valence-corrected chi connectivity index (χ2v) is 7.18. The smallest absolute Gasteiger partial charge is 0.271 e. The number of halogens is 1. The van der Waals surface area contributed by atoms with Crippen LogP contribution in [0.15, 0.2) is 53.9 Å². The number of aromatic nitrogens is 1. The van der Waals surface area contributed by atoms with E-state index in [0.717, 1.165) is 12.0 Å². The molecule has 1 aromatic heterocycles. The maximum absolute atomic E-state index is 13.3. The molecule has 1 heterocycles. The lowest BCUT2D eigenvalue weighted by molar-refractivity contribution is -0.384. The predicted octanol–water partition coefficient (Wildman–Crippen LogP) is 4.14. The molecule has 4 rings (SSSR count). The Balaban J connectivity index is 1.44. The van der Waals surface area contributed by atoms with Crippen LogP contribution in [0, 0.1) is 15.9 Å². The quantitative estimate of drug-likeness (QED) is 0.530. The van der Waals surface area contributed by atoms with Crippen molar-refractivity contribution in [1.29, 1.82) is 0 Å². The minimum Gasteiger partial charge on any atom is -0.347 e. The Kier molecular flexibility index (Phi) is 4.41. The monoisotopic (exact) mass is 383 g/mol. The molecule has 1 saturated carbocycles. The Labute approximate surface area is 157 Å². The fraction of sp³-hybridized carbons (Fsp3) is 0.158. The first kappa shape index (κ1) is 17.3. The van der Waals surface area contributed by atoms with Crippen molar-refractivity contribution in [3.8, 4) is 10.6 Å². The Morgan fingerprint density at radius 3 is 2.85 bits per heavy atom. The average Bonchev–Trinajstić information content (AvgIpc) is 3.24. The first-order valence-corrected chi connectivity index (χ1v) is 9.16. The zero-order chi connectivity index (χ0) is 19.0. The van der Waals surface area contributed by atoms with Crippen LogP contribution in [-0.2, 0) is 0 Å². The molecule has 27 heavy (non-hydrogen) atoms. The van der Waals surface area contributed by atoms with Crippen LogP contribution >= 0.6 is 11.3 Å². The number of carbonyl (C=O) groups is 1. The Morgan fingerprint density at radius 2 is 2.07 bits per heavy atom. The minimum atomic E-state index is -0.468. The van der Waals surface area contributed by atoms with Gasteiger partial charge in [-0.25, -0.2) is 9.37 Å². The number of nitrogens with one attached hydrogen (secondary N) is 1. The third kappa shape index (κ3) is 3.70. The summed E-state index contributed by atoms with van der Waals surface area (Å²) in [7, 11) is 0. The van der Waals surface area contributed by atoms with E-state index in [-0.39, 0.29) is 35.1 Å². The molecule has 1 aliphatic carbocycles. The zero-order valence-corrected chi connectivity index (χ0v) is 14.8. The standard InChI is InChI=1S/C19H14FN3O3S/c20-13-5-1-3-11(7-13)15-9-16(15)21-18(24)17-10-27-19(22-17)12-4-2-6-14(8-12)23(25)26/h1-8,10,15-16H,9H2,(H,21,24)/t15-,16+/m1/s1. The van der Waals surface area contributed by atoms with Crippen LogP contribution in [0.4, 0.5) is 10.1 Å². The fourth-order valence-corrected chi connectivity index (χ4v) is 3.76. The molecule has 1 fully saturated rings. The number of nitro groups is 1. The van der Waals surface area contributed by atoms with Crippen LogP contribution in [0.5, 0.6) is 0 Å². The molecule has 1 amide bonds. The molecule has 0 aliphatic heterocycles. The summed E-state index contributed by atoms with van der Waals surface area (Å²) >= 11 is 1.25. The van der Waals surface area contributed by atoms with Gasteiger partial charge in [0.2, 0.25) is 0 Å². The summed E-state index contributed by atoms with van der Waals surface area (Å²) in [4.78, 5) is 27.1. The molecular weight excluding hydrogens is 369 g/mol. The second kappa shape index (κ2) is 6.88. The van der Waals surface area contributed by atoms with Gasteiger partial charge in [0.25, 0.3) is 11.6 Å². The van der Waals surface area contributed by atoms with Crippen LogP contribution in [0.25, 0.3) is 10.6 Å². The Bertz CT molecular complexity index is 1040. The summed E-state index contributed by atoms with van der Waals surface area (Å²) < 4.78 is 13.3. The fourth-order valence-electron chi connectivity index (χ4n) is 2.97. The van der Waals surface area contributed by atoms with E-state index in [9.17, 15) is 19.3 Å². The first-order valence-electron chi connectivity index (χ1n) is 8.28. The molecule has 0 radical (unpaired) electrons. The molecular formula is C19H14FN3O3S. The van der Waals surface area contributed by atoms with Crippen LogP contribution in [0.2, 0.25) is 0 Å². The number of non-ortho nitro benzene ring substituents is 1. The molecule has 6 nitrogen and oxygen atoms in total. The van der Waals surface area contributed by atoms with Crippen LogP contribution in [0.3, 0.4) is 0 Å². The number of nitrogens with zero attached hydrogens (tertiary/aromatic N) is 2. The maximum atomic E-state index is 13.3. The maximum Gasteiger partial charge on any atom is 0.271 e. The highest BCUT2D eigenvalue weighted by molar-refractivity contribution is 7.13. The van der Waals surface area contributed by atoms with Gasteiger partial charge in [0.1, 0.15) is 16.5 Å². The lowest BCUT2D eigenvalue weighted by atomic mass is 10.1. The molecule has 3 aromatic rings. The summed E-state index contributed by atoms with van der Waals surface area (Å²) in [6.45, 7) is 0. The molecule has 1 aliphatic rings. The number of hydrogen-bond acceptors (Lipinski definition) is 5. The van der Waals surface area contributed by atoms with Gasteiger partial charge in [-0.15, -0.1) is 11.3 Å². The van der Waals surface area contributed by atoms with Crippen LogP contribution in [0.1, 0.15) is 28.4 Å². The molecule has 1 N–H and O–H groups in total. The summed E-state index contributed by atoms with van der Waals surface area (Å²) in [5.41, 5.74) is 1.71. The molecule has 0 bridgehead atoms. The van der Waals surface area contributed by atoms with Gasteiger partial charge < -0.3 is 5.32 Å². The summed E-state index contributed by atoms with van der Waals surface area (Å²) in [6.07, 6.45) is 0.761. The second-order valence-electron chi connectivity index (χ2n) is 6.32. The Morgan fingerprint density at radius 1 is 1.26 bits per heavy atom. The molecule has 0 spiro atoms. The predicted molar refractivity (Wildman–Crippen MR) is 99.2 cm³/mol. The lowest BCUT2D eigenvalue weighted by Crippen LogP contribution is -2.26. The van der Waals surface area contributed by atoms with E-state index in [1.54, 1.807) is 23.6 Å². The Hall–Kier alpha value is -3.13. The van der Waals surface area contributed by atoms with E-state index in [4.69, 9.17) is 0 Å². The van der Waals surface area contributed by atoms with Crippen molar-refractivity contribution in [1.82, 2.24) is 10.3 Å². The normalized spacial score (nSPS) is 18.1. The van der Waals surface area contributed by atoms with Gasteiger partial charge in [-0.3, -0.25) is 14.9 Å². The first-order chi connectivity index (χ1) is 13.0. The molecule has 0 saturated heterocycles. The highest BCUT2D eigenvalue weighted by Crippen LogP contribution is 2.41. The number of thiazole rings is 1. The molecule has 0 unspecified atom stereocenters. The van der Waals surface area contributed by atoms with Crippen molar-refractivity contribution in [2.24, 2.45) is 0 Å². The van der Waals surface area contributed by atoms with Gasteiger partial charge in [0.15, 0.2) is 0 Å². The van der Waals surface area contributed by atoms with E-state index >= 15 is 0 Å². The number of hydrogen-bond donors (Lipinski definition) is 1. The van der Waals surface area contributed by atoms with Crippen LogP contribution in [-0.4, -0.2) is 21.9 Å². The van der Waals surface area contributed by atoms with Crippen molar-refractivity contribution in [3.05, 3.63) is 81.1 Å². The zero-order valence-electron chi connectivity index (χ0n) is 14.0. The molecule has 2 atom stereocenters. The number of rotatable bonds is 5. The molecule has 8 heteroatoms. The number of carbonyl (C=O) groups excluding carboxylic acids is 1. The molecule has 2 aromatic carbocycles. The summed E-state index contributed by atoms with van der Waals surface area (Å²) in [6, 6.07) is 12.5. The van der Waals surface area contributed by atoms with Gasteiger partial charge >= 0.3 is 0 Å². The average molecular weight is 383 g/mol. The highest BCUT2D eigenvalue weighted by atomic mass is 32.1. The van der Waals surface area contributed by atoms with E-state index in [1.807, 2.05) is 6.07 Å². The number of benzene rings is 2. The van der Waals surface area contributed by atoms with Gasteiger partial charge in [-0.2, -0.15) is 0 Å². The van der Waals surface area contributed by atoms with E-state index in [2.05, 4.69) is 10.3 Å². The van der Waals surface area contributed by atoms with Gasteiger partial charge in [0.05, 0.1) is 4.92 Å². The van der Waals surface area contributed by atoms with Gasteiger partial charge in [-0.1, -0.05) is 24.3 Å². The van der Waals surface area contributed by atoms with Crippen molar-refractivity contribution in [3.63, 3.8) is 0 Å². The van der Waals surface area contributed by atoms with E-state index in [1.165, 1.54) is 35.6 Å². The summed E-state index contributed by atoms with van der Waals surface area (Å²) in [5, 5.41) is 16.0. The van der Waals surface area contributed by atoms with E-state index < -0.39 is 4.92 Å². The topological polar surface area (TPSA) is 85.1 Å². The van der Waals surface area contributed by atoms with Crippen molar-refractivity contribution < 1.29 is 14.1 Å². The molecule has 136 valence electrons. The summed E-state index contributed by atoms with van der Waals surface area (Å²) in [5.74, 6) is -0.475. The SMILES string of the molecule is O=C(N[C@H]1C[C@@H]1c1cccc(F)c1)c1csc(-c2cccc([N+](=O)[O-])c2)n1. The van der Waals surface area contributed by atoms with E-state index in [0.29, 0.717) is 10.6 Å². The van der Waals surface area contributed by atoms with Crippen molar-refractivity contribution in [2.45, 2.75) is 18.4 Å². The van der Waals surface area contributed by atoms with Gasteiger partial charge in [0, 0.05) is 35.0 Å². The van der Waals surface area contributed by atoms with Crippen molar-refractivity contribution in [2.75, 3.05) is 0 Å². The number of amides is 1. The highest BCUT2D eigenvalue weighted by Gasteiger charge is 2.40. The van der Waals surface area contributed by atoms with Crippen LogP contribution < -0.4 is 5.32 Å². The number of nitro benzene ring substituents is 1. The third-order valence-corrected chi connectivity index (χ3v) is 5.32. The largest absolute Gasteiger partial charge is 0.347 e. The third-order valence-electron chi connectivity index (χ3n) is 4.42. The lowest BCUT2D eigenvalue weighted by Gasteiger charge is -2.03. The van der Waals surface area contributed by atoms with Crippen molar-refractivity contribution >= 4 is 22.9 Å².